The van der Waals surface area contributed by atoms with E-state index >= 15 is 13.2 Å². The van der Waals surface area contributed by atoms with Crippen molar-refractivity contribution in [1.29, 1.82) is 5.26 Å². The van der Waals surface area contributed by atoms with Gasteiger partial charge in [0.25, 0.3) is 0 Å². The van der Waals surface area contributed by atoms with Gasteiger partial charge < -0.3 is 20.1 Å². The number of morpholine rings is 1. The van der Waals surface area contributed by atoms with Crippen LogP contribution in [0.2, 0.25) is 0 Å². The van der Waals surface area contributed by atoms with Crippen LogP contribution in [-0.4, -0.2) is 76.6 Å². The molecule has 0 spiro atoms. The van der Waals surface area contributed by atoms with Gasteiger partial charge in [0, 0.05) is 49.2 Å². The molecule has 2 aromatic heterocycles. The molecule has 0 amide bonds. The van der Waals surface area contributed by atoms with Crippen molar-refractivity contribution in [2.45, 2.75) is 76.9 Å². The lowest BCUT2D eigenvalue weighted by molar-refractivity contribution is -0.136. The third-order valence-electron chi connectivity index (χ3n) is 9.84. The number of allylic oxidation sites excluding steroid dienone is 4. The Morgan fingerprint density at radius 3 is 2.54 bits per heavy atom. The molecule has 14 heteroatoms. The molecule has 1 saturated carbocycles. The van der Waals surface area contributed by atoms with Gasteiger partial charge in [-0.15, -0.1) is 0 Å². The van der Waals surface area contributed by atoms with Gasteiger partial charge in [-0.05, 0) is 51.7 Å². The molecule has 4 atom stereocenters. The highest BCUT2D eigenvalue weighted by Crippen LogP contribution is 2.53. The molecule has 258 valence electrons. The lowest BCUT2D eigenvalue weighted by Crippen LogP contribution is -2.52. The number of alkyl halides is 3. The number of ether oxygens (including phenoxy) is 2. The summed E-state index contributed by atoms with van der Waals surface area (Å²) in [7, 11) is 0. The topological polar surface area (TPSA) is 113 Å². The number of nitriles is 1. The summed E-state index contributed by atoms with van der Waals surface area (Å²) in [5.74, 6) is -1.28. The zero-order chi connectivity index (χ0) is 34.4. The van der Waals surface area contributed by atoms with E-state index in [9.17, 15) is 9.65 Å². The van der Waals surface area contributed by atoms with E-state index in [2.05, 4.69) is 28.7 Å². The second-order valence-electron chi connectivity index (χ2n) is 13.3. The Bertz CT molecular complexity index is 1690. The number of fused-ring (bicyclic) bond motifs is 2. The van der Waals surface area contributed by atoms with E-state index in [0.717, 1.165) is 50.1 Å². The van der Waals surface area contributed by atoms with Gasteiger partial charge >= 0.3 is 12.2 Å². The predicted molar refractivity (Wildman–Crippen MR) is 178 cm³/mol. The summed E-state index contributed by atoms with van der Waals surface area (Å²) < 4.78 is 72.7. The first-order chi connectivity index (χ1) is 22.9. The maximum absolute atomic E-state index is 15.3. The minimum atomic E-state index is -4.91. The van der Waals surface area contributed by atoms with Crippen molar-refractivity contribution in [3.8, 4) is 12.1 Å². The number of hydrogen-bond donors (Lipinski definition) is 1. The van der Waals surface area contributed by atoms with Crippen LogP contribution in [0, 0.1) is 22.7 Å². The van der Waals surface area contributed by atoms with Crippen LogP contribution in [0.1, 0.15) is 64.6 Å². The Labute approximate surface area is 282 Å². The quantitative estimate of drug-likeness (QED) is 0.259. The Balaban J connectivity index is 1.45. The van der Waals surface area contributed by atoms with Gasteiger partial charge in [0.2, 0.25) is 0 Å². The molecule has 2 aliphatic carbocycles. The molecule has 2 aromatic rings. The van der Waals surface area contributed by atoms with E-state index < -0.39 is 34.4 Å². The Hall–Kier alpha value is -3.41. The van der Waals surface area contributed by atoms with Gasteiger partial charge in [0.15, 0.2) is 0 Å². The predicted octanol–water partition coefficient (Wildman–Crippen LogP) is 6.61. The van der Waals surface area contributed by atoms with E-state index in [0.29, 0.717) is 32.1 Å². The van der Waals surface area contributed by atoms with Gasteiger partial charge in [-0.1, -0.05) is 31.2 Å². The molecule has 0 radical (unpaired) electrons. The summed E-state index contributed by atoms with van der Waals surface area (Å²) in [6.45, 7) is 11.7. The standard InChI is InChI=1S/C34H41F4N7O2S/c1-5-7-12-44(6-2)31-23-14-41-27(21-8-9-24(35)29-25(21)22(13-39)30(40)48-29)26(34(36,37)38)28(23)42-32(43-31)47-18-33(10-11-33)17-45-19(3)15-46-16-20(45)4/h8-9,14,19-20,25,29H,5-7,10-12,15-18,40H2,1-4H3/t19-,20-,25?,29?/m0/s1. The van der Waals surface area contributed by atoms with E-state index in [4.69, 9.17) is 20.2 Å². The molecule has 4 heterocycles. The fourth-order valence-electron chi connectivity index (χ4n) is 6.91. The van der Waals surface area contributed by atoms with Crippen LogP contribution in [0.4, 0.5) is 23.4 Å². The van der Waals surface area contributed by atoms with Crippen LogP contribution in [-0.2, 0) is 10.9 Å². The average Bonchev–Trinajstić information content (AvgIpc) is 3.73. The molecular weight excluding hydrogens is 646 g/mol. The van der Waals surface area contributed by atoms with E-state index in [1.54, 1.807) is 0 Å². The maximum Gasteiger partial charge on any atom is 0.420 e. The van der Waals surface area contributed by atoms with Crippen LogP contribution in [0.25, 0.3) is 16.5 Å². The summed E-state index contributed by atoms with van der Waals surface area (Å²) in [6.07, 6.45) is 2.38. The molecular formula is C34H41F4N7O2S. The number of pyridine rings is 1. The molecule has 2 unspecified atom stereocenters. The van der Waals surface area contributed by atoms with E-state index in [-0.39, 0.29) is 57.2 Å². The molecule has 9 nitrogen and oxygen atoms in total. The third-order valence-corrected chi connectivity index (χ3v) is 11.1. The van der Waals surface area contributed by atoms with Crippen molar-refractivity contribution in [3.63, 3.8) is 0 Å². The number of halogens is 4. The van der Waals surface area contributed by atoms with E-state index in [1.807, 2.05) is 24.8 Å². The van der Waals surface area contributed by atoms with Gasteiger partial charge in [0.05, 0.1) is 58.3 Å². The fourth-order valence-corrected chi connectivity index (χ4v) is 8.09. The second kappa shape index (κ2) is 13.5. The molecule has 2 fully saturated rings. The fraction of sp³-hybridized carbons (Fsp3) is 0.588. The Kier molecular flexibility index (Phi) is 9.67. The molecule has 0 aromatic carbocycles. The highest BCUT2D eigenvalue weighted by molar-refractivity contribution is 8.04. The van der Waals surface area contributed by atoms with Crippen molar-refractivity contribution in [3.05, 3.63) is 46.0 Å². The van der Waals surface area contributed by atoms with Gasteiger partial charge in [-0.3, -0.25) is 9.88 Å². The summed E-state index contributed by atoms with van der Waals surface area (Å²) in [6, 6.07) is 2.34. The second-order valence-corrected chi connectivity index (χ2v) is 14.5. The molecule has 2 N–H and O–H groups in total. The maximum atomic E-state index is 15.3. The first-order valence-corrected chi connectivity index (χ1v) is 17.4. The minimum Gasteiger partial charge on any atom is -0.463 e. The lowest BCUT2D eigenvalue weighted by atomic mass is 9.82. The summed E-state index contributed by atoms with van der Waals surface area (Å²) in [4.78, 5) is 17.8. The lowest BCUT2D eigenvalue weighted by Gasteiger charge is -2.40. The largest absolute Gasteiger partial charge is 0.463 e. The zero-order valence-corrected chi connectivity index (χ0v) is 28.4. The highest BCUT2D eigenvalue weighted by Gasteiger charge is 2.48. The number of aromatic nitrogens is 3. The normalized spacial score (nSPS) is 25.4. The Morgan fingerprint density at radius 2 is 1.92 bits per heavy atom. The number of anilines is 1. The third kappa shape index (κ3) is 6.48. The molecule has 2 aliphatic heterocycles. The van der Waals surface area contributed by atoms with Crippen molar-refractivity contribution in [1.82, 2.24) is 19.9 Å². The summed E-state index contributed by atoms with van der Waals surface area (Å²) in [5.41, 5.74) is 4.13. The Morgan fingerprint density at radius 1 is 1.19 bits per heavy atom. The average molecular weight is 688 g/mol. The molecule has 0 bridgehead atoms. The number of nitrogens with two attached hydrogens (primary N) is 1. The molecule has 4 aliphatic rings. The van der Waals surface area contributed by atoms with Crippen LogP contribution in [0.15, 0.2) is 34.8 Å². The smallest absolute Gasteiger partial charge is 0.420 e. The first-order valence-electron chi connectivity index (χ1n) is 16.5. The van der Waals surface area contributed by atoms with Crippen LogP contribution in [0.5, 0.6) is 6.01 Å². The number of rotatable bonds is 11. The summed E-state index contributed by atoms with van der Waals surface area (Å²) >= 11 is 0.931. The number of unbranched alkanes of at least 4 members (excludes halogenated alkanes) is 1. The van der Waals surface area contributed by atoms with Crippen LogP contribution < -0.4 is 15.4 Å². The van der Waals surface area contributed by atoms with Crippen molar-refractivity contribution >= 4 is 34.1 Å². The zero-order valence-electron chi connectivity index (χ0n) is 27.6. The highest BCUT2D eigenvalue weighted by atomic mass is 32.2. The van der Waals surface area contributed by atoms with Gasteiger partial charge in [-0.25, -0.2) is 4.39 Å². The van der Waals surface area contributed by atoms with E-state index in [1.165, 1.54) is 12.3 Å². The number of nitrogens with zero attached hydrogens (tertiary/aromatic N) is 6. The first kappa shape index (κ1) is 34.5. The van der Waals surface area contributed by atoms with Crippen molar-refractivity contribution in [2.24, 2.45) is 17.1 Å². The SMILES string of the molecule is CCCCN(CC)c1nc(OCC2(CN3[C@@H](C)COC[C@@H]3C)CC2)nc2c(C(F)(F)F)c(C3=CC=C(F)C4SC(N)=C(C#N)C34)ncc12. The number of hydrogen-bond acceptors (Lipinski definition) is 10. The van der Waals surface area contributed by atoms with Crippen molar-refractivity contribution < 1.29 is 27.0 Å². The van der Waals surface area contributed by atoms with Crippen LogP contribution >= 0.6 is 11.8 Å². The monoisotopic (exact) mass is 687 g/mol. The molecule has 48 heavy (non-hydrogen) atoms. The summed E-state index contributed by atoms with van der Waals surface area (Å²) in [5, 5.41) is 9.13. The van der Waals surface area contributed by atoms with Gasteiger partial charge in [-0.2, -0.15) is 28.4 Å². The molecule has 1 saturated heterocycles. The molecule has 6 rings (SSSR count). The van der Waals surface area contributed by atoms with Gasteiger partial charge in [0.1, 0.15) is 17.2 Å². The minimum absolute atomic E-state index is 0.0253. The van der Waals surface area contributed by atoms with Crippen molar-refractivity contribution in [2.75, 3.05) is 44.4 Å². The number of thioether (sulfide) groups is 1. The van der Waals surface area contributed by atoms with Crippen LogP contribution in [0.3, 0.4) is 0 Å².